The van der Waals surface area contributed by atoms with Crippen LogP contribution in [0.1, 0.15) is 22.8 Å². The Kier molecular flexibility index (Phi) is 1.37. The van der Waals surface area contributed by atoms with Crippen molar-refractivity contribution in [1.29, 1.82) is 0 Å². The molecule has 1 aromatic rings. The Morgan fingerprint density at radius 2 is 2.07 bits per heavy atom. The number of hydrogen-bond acceptors (Lipinski definition) is 1. The minimum atomic E-state index is -4.23. The summed E-state index contributed by atoms with van der Waals surface area (Å²) in [6, 6.07) is 3.91. The van der Waals surface area contributed by atoms with Crippen LogP contribution in [-0.4, -0.2) is 6.10 Å². The van der Waals surface area contributed by atoms with Gasteiger partial charge in [-0.1, -0.05) is 6.07 Å². The summed E-state index contributed by atoms with van der Waals surface area (Å²) in [4.78, 5) is 0. The highest BCUT2D eigenvalue weighted by Gasteiger charge is 2.47. The standard InChI is InChI=1S/C10H7F3O/c11-10(12,13)6-1-2-7-5(3-6)4-8-9(7)14-8/h1-3,8-9H,4H2/t8?,9-/m0/s1. The SMILES string of the molecule is FC(F)(F)c1ccc2c(c1)CC1O[C@@H]21. The molecule has 1 unspecified atom stereocenters. The smallest absolute Gasteiger partial charge is 0.364 e. The second-order valence-corrected chi connectivity index (χ2v) is 3.71. The zero-order valence-electron chi connectivity index (χ0n) is 7.14. The third-order valence-corrected chi connectivity index (χ3v) is 2.78. The average molecular weight is 200 g/mol. The van der Waals surface area contributed by atoms with E-state index in [1.807, 2.05) is 0 Å². The van der Waals surface area contributed by atoms with Crippen LogP contribution >= 0.6 is 0 Å². The van der Waals surface area contributed by atoms with Crippen molar-refractivity contribution in [2.75, 3.05) is 0 Å². The van der Waals surface area contributed by atoms with E-state index in [0.717, 1.165) is 17.2 Å². The van der Waals surface area contributed by atoms with E-state index in [4.69, 9.17) is 4.74 Å². The first-order chi connectivity index (χ1) is 6.55. The molecule has 1 aliphatic heterocycles. The molecule has 4 heteroatoms. The summed E-state index contributed by atoms with van der Waals surface area (Å²) in [5.74, 6) is 0. The summed E-state index contributed by atoms with van der Waals surface area (Å²) in [5, 5.41) is 0. The highest BCUT2D eigenvalue weighted by molar-refractivity contribution is 5.42. The van der Waals surface area contributed by atoms with Gasteiger partial charge < -0.3 is 4.74 Å². The van der Waals surface area contributed by atoms with Crippen LogP contribution in [0.3, 0.4) is 0 Å². The van der Waals surface area contributed by atoms with Crippen molar-refractivity contribution in [3.63, 3.8) is 0 Å². The van der Waals surface area contributed by atoms with E-state index in [1.54, 1.807) is 0 Å². The van der Waals surface area contributed by atoms with E-state index in [1.165, 1.54) is 12.1 Å². The molecule has 0 spiro atoms. The van der Waals surface area contributed by atoms with E-state index < -0.39 is 11.7 Å². The van der Waals surface area contributed by atoms with Crippen LogP contribution < -0.4 is 0 Å². The van der Waals surface area contributed by atoms with Crippen LogP contribution in [0.4, 0.5) is 13.2 Å². The maximum absolute atomic E-state index is 12.3. The van der Waals surface area contributed by atoms with Crippen molar-refractivity contribution < 1.29 is 17.9 Å². The van der Waals surface area contributed by atoms with Gasteiger partial charge in [0.2, 0.25) is 0 Å². The molecule has 0 amide bonds. The molecule has 1 aliphatic carbocycles. The van der Waals surface area contributed by atoms with Crippen LogP contribution in [-0.2, 0) is 17.3 Å². The van der Waals surface area contributed by atoms with Crippen LogP contribution in [0.5, 0.6) is 0 Å². The number of ether oxygens (including phenoxy) is 1. The Labute approximate surface area is 78.5 Å². The van der Waals surface area contributed by atoms with Crippen LogP contribution in [0.15, 0.2) is 18.2 Å². The van der Waals surface area contributed by atoms with Gasteiger partial charge in [-0.05, 0) is 23.3 Å². The summed E-state index contributed by atoms with van der Waals surface area (Å²) in [5.41, 5.74) is 1.17. The minimum absolute atomic E-state index is 0.0762. The molecule has 0 bridgehead atoms. The zero-order valence-corrected chi connectivity index (χ0v) is 7.14. The second-order valence-electron chi connectivity index (χ2n) is 3.71. The number of halogens is 3. The summed E-state index contributed by atoms with van der Waals surface area (Å²) in [7, 11) is 0. The fraction of sp³-hybridized carbons (Fsp3) is 0.400. The molecule has 1 fully saturated rings. The number of benzene rings is 1. The van der Waals surface area contributed by atoms with Gasteiger partial charge in [0.15, 0.2) is 0 Å². The highest BCUT2D eigenvalue weighted by Crippen LogP contribution is 2.49. The van der Waals surface area contributed by atoms with Gasteiger partial charge in [-0.3, -0.25) is 0 Å². The molecular formula is C10H7F3O. The Hall–Kier alpha value is -1.03. The summed E-state index contributed by atoms with van der Waals surface area (Å²) < 4.78 is 42.2. The molecule has 2 atom stereocenters. The van der Waals surface area contributed by atoms with Crippen molar-refractivity contribution >= 4 is 0 Å². The van der Waals surface area contributed by atoms with Gasteiger partial charge in [-0.2, -0.15) is 13.2 Å². The Balaban J connectivity index is 2.04. The maximum atomic E-state index is 12.3. The molecule has 2 aliphatic rings. The largest absolute Gasteiger partial charge is 0.416 e. The summed E-state index contributed by atoms with van der Waals surface area (Å²) in [6.07, 6.45) is -3.38. The zero-order chi connectivity index (χ0) is 9.92. The molecule has 0 saturated carbocycles. The fourth-order valence-corrected chi connectivity index (χ4v) is 2.02. The fourth-order valence-electron chi connectivity index (χ4n) is 2.02. The molecule has 14 heavy (non-hydrogen) atoms. The van der Waals surface area contributed by atoms with E-state index in [9.17, 15) is 13.2 Å². The first kappa shape index (κ1) is 8.29. The van der Waals surface area contributed by atoms with Gasteiger partial charge in [0.05, 0.1) is 11.7 Å². The quantitative estimate of drug-likeness (QED) is 0.586. The lowest BCUT2D eigenvalue weighted by molar-refractivity contribution is -0.137. The number of hydrogen-bond donors (Lipinski definition) is 0. The summed E-state index contributed by atoms with van der Waals surface area (Å²) in [6.45, 7) is 0. The van der Waals surface area contributed by atoms with E-state index >= 15 is 0 Å². The van der Waals surface area contributed by atoms with Crippen molar-refractivity contribution in [1.82, 2.24) is 0 Å². The van der Waals surface area contributed by atoms with Crippen LogP contribution in [0, 0.1) is 0 Å². The van der Waals surface area contributed by atoms with Gasteiger partial charge in [0.1, 0.15) is 6.10 Å². The molecule has 3 rings (SSSR count). The van der Waals surface area contributed by atoms with Gasteiger partial charge in [-0.25, -0.2) is 0 Å². The third kappa shape index (κ3) is 1.07. The third-order valence-electron chi connectivity index (χ3n) is 2.78. The molecule has 1 heterocycles. The van der Waals surface area contributed by atoms with Gasteiger partial charge >= 0.3 is 6.18 Å². The van der Waals surface area contributed by atoms with Crippen LogP contribution in [0.2, 0.25) is 0 Å². The lowest BCUT2D eigenvalue weighted by Crippen LogP contribution is -2.06. The van der Waals surface area contributed by atoms with Crippen molar-refractivity contribution in [3.05, 3.63) is 34.9 Å². The lowest BCUT2D eigenvalue weighted by atomic mass is 10.1. The summed E-state index contributed by atoms with van der Waals surface area (Å²) >= 11 is 0. The molecule has 1 nitrogen and oxygen atoms in total. The predicted molar refractivity (Wildman–Crippen MR) is 42.8 cm³/mol. The molecule has 0 aromatic heterocycles. The predicted octanol–water partition coefficient (Wildman–Crippen LogP) is 2.70. The van der Waals surface area contributed by atoms with Gasteiger partial charge in [0.25, 0.3) is 0 Å². The van der Waals surface area contributed by atoms with Crippen LogP contribution in [0.25, 0.3) is 0 Å². The molecular weight excluding hydrogens is 193 g/mol. The number of alkyl halides is 3. The Morgan fingerprint density at radius 3 is 2.79 bits per heavy atom. The highest BCUT2D eigenvalue weighted by atomic mass is 19.4. The molecule has 0 radical (unpaired) electrons. The number of fused-ring (bicyclic) bond motifs is 3. The van der Waals surface area contributed by atoms with Gasteiger partial charge in [0, 0.05) is 6.42 Å². The minimum Gasteiger partial charge on any atom is -0.364 e. The normalized spacial score (nSPS) is 28.5. The monoisotopic (exact) mass is 200 g/mol. The topological polar surface area (TPSA) is 12.5 Å². The molecule has 0 N–H and O–H groups in total. The molecule has 1 saturated heterocycles. The Morgan fingerprint density at radius 1 is 1.29 bits per heavy atom. The van der Waals surface area contributed by atoms with Crippen molar-refractivity contribution in [2.24, 2.45) is 0 Å². The average Bonchev–Trinajstić information content (AvgIpc) is 2.76. The molecule has 74 valence electrons. The van der Waals surface area contributed by atoms with Crippen molar-refractivity contribution in [3.8, 4) is 0 Å². The first-order valence-electron chi connectivity index (χ1n) is 4.41. The number of rotatable bonds is 0. The maximum Gasteiger partial charge on any atom is 0.416 e. The molecule has 1 aromatic carbocycles. The first-order valence-corrected chi connectivity index (χ1v) is 4.41. The lowest BCUT2D eigenvalue weighted by Gasteiger charge is -2.09. The van der Waals surface area contributed by atoms with E-state index in [0.29, 0.717) is 6.42 Å². The van der Waals surface area contributed by atoms with Crippen molar-refractivity contribution in [2.45, 2.75) is 24.8 Å². The van der Waals surface area contributed by atoms with E-state index in [-0.39, 0.29) is 12.2 Å². The van der Waals surface area contributed by atoms with Gasteiger partial charge in [-0.15, -0.1) is 0 Å². The van der Waals surface area contributed by atoms with E-state index in [2.05, 4.69) is 0 Å². The second kappa shape index (κ2) is 2.31. The Bertz CT molecular complexity index is 397. The number of epoxide rings is 1.